The van der Waals surface area contributed by atoms with Gasteiger partial charge in [-0.2, -0.15) is 0 Å². The van der Waals surface area contributed by atoms with Crippen molar-refractivity contribution in [1.82, 2.24) is 5.32 Å². The highest BCUT2D eigenvalue weighted by Crippen LogP contribution is 2.27. The molecule has 1 aromatic carbocycles. The molecule has 1 atom stereocenters. The Kier molecular flexibility index (Phi) is 7.51. The van der Waals surface area contributed by atoms with Gasteiger partial charge in [-0.15, -0.1) is 0 Å². The molecule has 0 aliphatic rings. The molecule has 21 heavy (non-hydrogen) atoms. The predicted molar refractivity (Wildman–Crippen MR) is 83.1 cm³/mol. The largest absolute Gasteiger partial charge is 0.481 e. The van der Waals surface area contributed by atoms with Gasteiger partial charge in [0.1, 0.15) is 0 Å². The van der Waals surface area contributed by atoms with Gasteiger partial charge in [-0.05, 0) is 30.2 Å². The molecule has 0 radical (unpaired) electrons. The van der Waals surface area contributed by atoms with E-state index in [4.69, 9.17) is 5.11 Å². The van der Waals surface area contributed by atoms with Gasteiger partial charge in [-0.25, -0.2) is 0 Å². The minimum Gasteiger partial charge on any atom is -0.481 e. The number of amides is 1. The third-order valence-electron chi connectivity index (χ3n) is 3.58. The average Bonchev–Trinajstić information content (AvgIpc) is 2.44. The first-order chi connectivity index (χ1) is 10.0. The van der Waals surface area contributed by atoms with E-state index in [0.717, 1.165) is 0 Å². The lowest BCUT2D eigenvalue weighted by molar-refractivity contribution is -0.137. The summed E-state index contributed by atoms with van der Waals surface area (Å²) in [6, 6.07) is 10.1. The molecule has 0 heterocycles. The number of carboxylic acid groups (broad SMARTS) is 1. The first-order valence-electron chi connectivity index (χ1n) is 7.54. The van der Waals surface area contributed by atoms with Crippen molar-refractivity contribution in [1.29, 1.82) is 0 Å². The Morgan fingerprint density at radius 3 is 2.38 bits per heavy atom. The Labute approximate surface area is 126 Å². The van der Waals surface area contributed by atoms with Gasteiger partial charge in [0.2, 0.25) is 5.91 Å². The third kappa shape index (κ3) is 6.93. The van der Waals surface area contributed by atoms with E-state index in [0.29, 0.717) is 31.7 Å². The summed E-state index contributed by atoms with van der Waals surface area (Å²) in [5.41, 5.74) is 1.19. The fourth-order valence-electron chi connectivity index (χ4n) is 2.34. The summed E-state index contributed by atoms with van der Waals surface area (Å²) in [4.78, 5) is 22.4. The van der Waals surface area contributed by atoms with Crippen molar-refractivity contribution in [2.24, 2.45) is 5.92 Å². The number of carboxylic acids is 1. The van der Waals surface area contributed by atoms with Crippen LogP contribution in [-0.4, -0.2) is 23.5 Å². The molecule has 4 nitrogen and oxygen atoms in total. The molecule has 0 fully saturated rings. The summed E-state index contributed by atoms with van der Waals surface area (Å²) in [7, 11) is 0. The van der Waals surface area contributed by atoms with Gasteiger partial charge in [0.05, 0.1) is 0 Å². The van der Waals surface area contributed by atoms with Gasteiger partial charge in [0, 0.05) is 19.4 Å². The zero-order valence-electron chi connectivity index (χ0n) is 12.8. The van der Waals surface area contributed by atoms with Gasteiger partial charge >= 0.3 is 5.97 Å². The molecule has 0 aliphatic carbocycles. The number of carbonyl (C=O) groups excluding carboxylic acids is 1. The van der Waals surface area contributed by atoms with Crippen molar-refractivity contribution in [2.45, 2.75) is 45.4 Å². The van der Waals surface area contributed by atoms with E-state index in [9.17, 15) is 9.59 Å². The van der Waals surface area contributed by atoms with E-state index in [2.05, 4.69) is 31.3 Å². The van der Waals surface area contributed by atoms with Crippen LogP contribution in [0.3, 0.4) is 0 Å². The summed E-state index contributed by atoms with van der Waals surface area (Å²) in [5.74, 6) is -0.145. The van der Waals surface area contributed by atoms with E-state index in [-0.39, 0.29) is 18.2 Å². The van der Waals surface area contributed by atoms with Crippen LogP contribution in [0.2, 0.25) is 0 Å². The van der Waals surface area contributed by atoms with Crippen LogP contribution < -0.4 is 5.32 Å². The fraction of sp³-hybridized carbons (Fsp3) is 0.529. The quantitative estimate of drug-likeness (QED) is 0.687. The van der Waals surface area contributed by atoms with E-state index in [1.807, 2.05) is 18.2 Å². The molecule has 4 heteroatoms. The number of hydrogen-bond acceptors (Lipinski definition) is 2. The van der Waals surface area contributed by atoms with Crippen LogP contribution in [0.1, 0.15) is 51.0 Å². The molecule has 1 rings (SSSR count). The Morgan fingerprint density at radius 1 is 1.14 bits per heavy atom. The standard InChI is InChI=1S/C17H25NO3/c1-13(2)15(14-8-4-3-5-9-14)12-16(19)18-11-7-6-10-17(20)21/h3-5,8-9,13,15H,6-7,10-12H2,1-2H3,(H,18,19)(H,20,21). The lowest BCUT2D eigenvalue weighted by Crippen LogP contribution is -2.27. The maximum atomic E-state index is 12.0. The fourth-order valence-corrected chi connectivity index (χ4v) is 2.34. The molecule has 0 saturated carbocycles. The Hall–Kier alpha value is -1.84. The van der Waals surface area contributed by atoms with E-state index in [1.165, 1.54) is 5.56 Å². The second-order valence-electron chi connectivity index (χ2n) is 5.67. The monoisotopic (exact) mass is 291 g/mol. The molecule has 0 bridgehead atoms. The SMILES string of the molecule is CC(C)C(CC(=O)NCCCCC(=O)O)c1ccccc1. The van der Waals surface area contributed by atoms with Gasteiger partial charge in [-0.1, -0.05) is 44.2 Å². The van der Waals surface area contributed by atoms with Crippen LogP contribution in [0.15, 0.2) is 30.3 Å². The van der Waals surface area contributed by atoms with E-state index in [1.54, 1.807) is 0 Å². The van der Waals surface area contributed by atoms with E-state index >= 15 is 0 Å². The number of nitrogens with one attached hydrogen (secondary N) is 1. The number of unbranched alkanes of at least 4 members (excludes halogenated alkanes) is 1. The third-order valence-corrected chi connectivity index (χ3v) is 3.58. The first kappa shape index (κ1) is 17.2. The van der Waals surface area contributed by atoms with Crippen LogP contribution in [0.25, 0.3) is 0 Å². The highest BCUT2D eigenvalue weighted by Gasteiger charge is 2.19. The average molecular weight is 291 g/mol. The van der Waals surface area contributed by atoms with Crippen molar-refractivity contribution in [3.8, 4) is 0 Å². The number of rotatable bonds is 9. The molecule has 0 saturated heterocycles. The maximum Gasteiger partial charge on any atom is 0.303 e. The molecule has 1 unspecified atom stereocenters. The van der Waals surface area contributed by atoms with Crippen LogP contribution in [-0.2, 0) is 9.59 Å². The molecule has 0 spiro atoms. The molecule has 2 N–H and O–H groups in total. The minimum atomic E-state index is -0.787. The lowest BCUT2D eigenvalue weighted by atomic mass is 9.85. The molecule has 116 valence electrons. The van der Waals surface area contributed by atoms with Crippen molar-refractivity contribution in [3.63, 3.8) is 0 Å². The Balaban J connectivity index is 2.38. The smallest absolute Gasteiger partial charge is 0.303 e. The zero-order valence-corrected chi connectivity index (χ0v) is 12.8. The topological polar surface area (TPSA) is 66.4 Å². The van der Waals surface area contributed by atoms with Gasteiger partial charge in [-0.3, -0.25) is 9.59 Å². The Morgan fingerprint density at radius 2 is 1.81 bits per heavy atom. The molecule has 0 aromatic heterocycles. The second kappa shape index (κ2) is 9.16. The minimum absolute atomic E-state index is 0.0351. The van der Waals surface area contributed by atoms with Crippen LogP contribution in [0.4, 0.5) is 0 Å². The summed E-state index contributed by atoms with van der Waals surface area (Å²) >= 11 is 0. The van der Waals surface area contributed by atoms with Gasteiger partial charge in [0.25, 0.3) is 0 Å². The molecule has 1 aromatic rings. The number of benzene rings is 1. The van der Waals surface area contributed by atoms with Crippen LogP contribution in [0.5, 0.6) is 0 Å². The second-order valence-corrected chi connectivity index (χ2v) is 5.67. The highest BCUT2D eigenvalue weighted by molar-refractivity contribution is 5.76. The van der Waals surface area contributed by atoms with Crippen molar-refractivity contribution in [2.75, 3.05) is 6.54 Å². The van der Waals surface area contributed by atoms with Crippen molar-refractivity contribution < 1.29 is 14.7 Å². The number of carbonyl (C=O) groups is 2. The molecule has 1 amide bonds. The molecular formula is C17H25NO3. The maximum absolute atomic E-state index is 12.0. The predicted octanol–water partition coefficient (Wildman–Crippen LogP) is 3.19. The Bertz CT molecular complexity index is 443. The van der Waals surface area contributed by atoms with Crippen molar-refractivity contribution in [3.05, 3.63) is 35.9 Å². The normalized spacial score (nSPS) is 12.1. The van der Waals surface area contributed by atoms with Crippen LogP contribution in [0, 0.1) is 5.92 Å². The van der Waals surface area contributed by atoms with E-state index < -0.39 is 5.97 Å². The van der Waals surface area contributed by atoms with Gasteiger partial charge in [0.15, 0.2) is 0 Å². The number of aliphatic carboxylic acids is 1. The first-order valence-corrected chi connectivity index (χ1v) is 7.54. The molecular weight excluding hydrogens is 266 g/mol. The van der Waals surface area contributed by atoms with Crippen LogP contribution >= 0.6 is 0 Å². The highest BCUT2D eigenvalue weighted by atomic mass is 16.4. The zero-order chi connectivity index (χ0) is 15.7. The lowest BCUT2D eigenvalue weighted by Gasteiger charge is -2.21. The van der Waals surface area contributed by atoms with Crippen molar-refractivity contribution >= 4 is 11.9 Å². The summed E-state index contributed by atoms with van der Waals surface area (Å²) in [6.45, 7) is 4.79. The number of hydrogen-bond donors (Lipinski definition) is 2. The molecule has 0 aliphatic heterocycles. The summed E-state index contributed by atoms with van der Waals surface area (Å²) in [5, 5.41) is 11.4. The van der Waals surface area contributed by atoms with Gasteiger partial charge < -0.3 is 10.4 Å². The summed E-state index contributed by atoms with van der Waals surface area (Å²) < 4.78 is 0. The summed E-state index contributed by atoms with van der Waals surface area (Å²) in [6.07, 6.45) is 1.94.